The summed E-state index contributed by atoms with van der Waals surface area (Å²) in [5.74, 6) is -0.215. The fourth-order valence-corrected chi connectivity index (χ4v) is 7.22. The molecule has 4 heteroatoms. The lowest BCUT2D eigenvalue weighted by atomic mass is 9.51. The van der Waals surface area contributed by atoms with Gasteiger partial charge in [-0.2, -0.15) is 0 Å². The summed E-state index contributed by atoms with van der Waals surface area (Å²) in [6.45, 7) is 10.8. The number of Topliss-reactive ketones (excluding diaryl/α,β-unsaturated/α-hetero) is 1. The summed E-state index contributed by atoms with van der Waals surface area (Å²) < 4.78 is 1.50. The zero-order chi connectivity index (χ0) is 21.4. The quantitative estimate of drug-likeness (QED) is 0.363. The third-order valence-corrected chi connectivity index (χ3v) is 7.89. The number of rotatable bonds is 10. The van der Waals surface area contributed by atoms with Crippen LogP contribution in [0, 0.1) is 27.7 Å². The molecule has 29 heavy (non-hydrogen) atoms. The van der Waals surface area contributed by atoms with Gasteiger partial charge in [-0.05, 0) is 25.0 Å². The first-order valence-corrected chi connectivity index (χ1v) is 12.0. The number of hydrogen-bond acceptors (Lipinski definition) is 3. The van der Waals surface area contributed by atoms with Crippen LogP contribution < -0.4 is 5.11 Å². The molecular weight excluding hydrogens is 360 g/mol. The third kappa shape index (κ3) is 3.81. The normalized spacial score (nSPS) is 32.2. The summed E-state index contributed by atoms with van der Waals surface area (Å²) in [5, 5.41) is 13.4. The Kier molecular flexibility index (Phi) is 6.32. The van der Waals surface area contributed by atoms with Gasteiger partial charge in [-0.3, -0.25) is 4.79 Å². The van der Waals surface area contributed by atoms with Crippen molar-refractivity contribution in [2.45, 2.75) is 118 Å². The van der Waals surface area contributed by atoms with E-state index >= 15 is 0 Å². The number of unbranched alkanes of at least 4 members (excludes halogenated alkanes) is 8. The Balaban J connectivity index is 1.62. The van der Waals surface area contributed by atoms with E-state index in [0.29, 0.717) is 18.5 Å². The van der Waals surface area contributed by atoms with Crippen molar-refractivity contribution >= 4 is 5.78 Å². The molecule has 164 valence electrons. The van der Waals surface area contributed by atoms with Crippen LogP contribution in [0.3, 0.4) is 0 Å². The molecule has 0 aromatic carbocycles. The smallest absolute Gasteiger partial charge is 0.207 e. The van der Waals surface area contributed by atoms with Gasteiger partial charge in [-0.25, -0.2) is 0 Å². The van der Waals surface area contributed by atoms with E-state index in [4.69, 9.17) is 5.53 Å². The first kappa shape index (κ1) is 22.5. The number of carbonyl (C=O) groups is 1. The second-order valence-corrected chi connectivity index (χ2v) is 11.4. The van der Waals surface area contributed by atoms with Gasteiger partial charge in [-0.15, -0.1) is 0 Å². The Morgan fingerprint density at radius 3 is 1.93 bits per heavy atom. The van der Waals surface area contributed by atoms with Gasteiger partial charge in [0.2, 0.25) is 5.70 Å². The Hall–Kier alpha value is -1.19. The summed E-state index contributed by atoms with van der Waals surface area (Å²) in [7, 11) is 0. The highest BCUT2D eigenvalue weighted by molar-refractivity contribution is 5.95. The molecule has 4 nitrogen and oxygen atoms in total. The number of nitrogens with zero attached hydrogens (tertiary/aromatic N) is 1. The van der Waals surface area contributed by atoms with E-state index in [0.717, 1.165) is 19.3 Å². The van der Waals surface area contributed by atoms with Gasteiger partial charge in [0.25, 0.3) is 0 Å². The van der Waals surface area contributed by atoms with Crippen molar-refractivity contribution in [1.82, 2.24) is 0 Å². The molecule has 1 atom stereocenters. The monoisotopic (exact) mass is 402 g/mol. The molecule has 0 radical (unpaired) electrons. The number of nitrogens with one attached hydrogen (secondary N) is 1. The highest BCUT2D eigenvalue weighted by Crippen LogP contribution is 2.65. The Morgan fingerprint density at radius 2 is 1.41 bits per heavy atom. The molecule has 0 aromatic rings. The standard InChI is InChI=1S/C25H42N2O2/c1-6-7-8-9-10-11-12-13-14-15-18-19-21(29)25(20(18)28)16-23(2,3)22(27(19)26)24(4,5)17-25/h18,22H,6-17H2,1-5H3,(H-,26,29). The molecule has 4 aliphatic rings. The van der Waals surface area contributed by atoms with Crippen LogP contribution in [0.1, 0.15) is 112 Å². The minimum atomic E-state index is -0.863. The number of fused-ring (bicyclic) bond motifs is 2. The van der Waals surface area contributed by atoms with Crippen molar-refractivity contribution in [3.8, 4) is 0 Å². The van der Waals surface area contributed by atoms with Crippen molar-refractivity contribution in [2.24, 2.45) is 22.2 Å². The van der Waals surface area contributed by atoms with Gasteiger partial charge in [0.1, 0.15) is 5.92 Å². The summed E-state index contributed by atoms with van der Waals surface area (Å²) in [6.07, 6.45) is 13.2. The molecule has 0 amide bonds. The topological polar surface area (TPSA) is 67.0 Å². The van der Waals surface area contributed by atoms with Gasteiger partial charge in [0, 0.05) is 16.2 Å². The maximum Gasteiger partial charge on any atom is 0.207 e. The van der Waals surface area contributed by atoms with Gasteiger partial charge in [-0.1, -0.05) is 103 Å². The zero-order valence-corrected chi connectivity index (χ0v) is 19.4. The van der Waals surface area contributed by atoms with Crippen molar-refractivity contribution in [1.29, 1.82) is 5.53 Å². The van der Waals surface area contributed by atoms with Gasteiger partial charge >= 0.3 is 0 Å². The Labute approximate surface area is 177 Å². The van der Waals surface area contributed by atoms with Crippen molar-refractivity contribution in [2.75, 3.05) is 0 Å². The number of carbonyl (C=O) groups excluding carboxylic acids is 1. The molecule has 0 saturated heterocycles. The van der Waals surface area contributed by atoms with Crippen molar-refractivity contribution < 1.29 is 14.6 Å². The third-order valence-electron chi connectivity index (χ3n) is 7.89. The summed E-state index contributed by atoms with van der Waals surface area (Å²) in [4.78, 5) is 13.6. The lowest BCUT2D eigenvalue weighted by Crippen LogP contribution is -2.59. The summed E-state index contributed by atoms with van der Waals surface area (Å²) in [6, 6.07) is -0.0108. The lowest BCUT2D eigenvalue weighted by Gasteiger charge is -2.52. The molecule has 4 rings (SSSR count). The molecule has 1 unspecified atom stereocenters. The van der Waals surface area contributed by atoms with Gasteiger partial charge in [0.15, 0.2) is 11.8 Å². The van der Waals surface area contributed by atoms with Crippen LogP contribution in [-0.2, 0) is 4.79 Å². The molecule has 2 heterocycles. The number of ketones is 1. The molecule has 1 spiro atoms. The minimum absolute atomic E-state index is 0.0108. The van der Waals surface area contributed by atoms with Crippen molar-refractivity contribution in [3.05, 3.63) is 11.5 Å². The lowest BCUT2D eigenvalue weighted by molar-refractivity contribution is -0.642. The largest absolute Gasteiger partial charge is 0.870 e. The van der Waals surface area contributed by atoms with E-state index in [1.165, 1.54) is 49.6 Å². The van der Waals surface area contributed by atoms with Crippen molar-refractivity contribution in [3.63, 3.8) is 0 Å². The molecule has 2 aliphatic carbocycles. The van der Waals surface area contributed by atoms with E-state index in [2.05, 4.69) is 34.6 Å². The first-order valence-electron chi connectivity index (χ1n) is 12.0. The maximum absolute atomic E-state index is 13.6. The highest BCUT2D eigenvalue weighted by atomic mass is 16.3. The summed E-state index contributed by atoms with van der Waals surface area (Å²) in [5.41, 5.74) is 8.13. The maximum atomic E-state index is 13.6. The van der Waals surface area contributed by atoms with E-state index in [1.807, 2.05) is 0 Å². The van der Waals surface area contributed by atoms with Crippen LogP contribution >= 0.6 is 0 Å². The average Bonchev–Trinajstić information content (AvgIpc) is 2.71. The Morgan fingerprint density at radius 1 is 0.931 bits per heavy atom. The second kappa shape index (κ2) is 8.15. The number of allylic oxidation sites excluding steroid dienone is 2. The summed E-state index contributed by atoms with van der Waals surface area (Å²) >= 11 is 0. The molecule has 3 bridgehead atoms. The van der Waals surface area contributed by atoms with E-state index < -0.39 is 5.41 Å². The van der Waals surface area contributed by atoms with E-state index in [1.54, 1.807) is 0 Å². The minimum Gasteiger partial charge on any atom is -0.870 e. The predicted molar refractivity (Wildman–Crippen MR) is 113 cm³/mol. The molecule has 2 aliphatic heterocycles. The average molecular weight is 403 g/mol. The fraction of sp³-hybridized carbons (Fsp3) is 0.880. The van der Waals surface area contributed by atoms with Crippen LogP contribution in [0.5, 0.6) is 0 Å². The first-order chi connectivity index (χ1) is 13.6. The van der Waals surface area contributed by atoms with Crippen LogP contribution in [0.25, 0.3) is 0 Å². The van der Waals surface area contributed by atoms with Gasteiger partial charge < -0.3 is 5.11 Å². The highest BCUT2D eigenvalue weighted by Gasteiger charge is 2.70. The zero-order valence-electron chi connectivity index (χ0n) is 19.4. The van der Waals surface area contributed by atoms with E-state index in [9.17, 15) is 9.90 Å². The van der Waals surface area contributed by atoms with Gasteiger partial charge in [0.05, 0.1) is 0 Å². The predicted octanol–water partition coefficient (Wildman–Crippen LogP) is 5.94. The molecule has 1 fully saturated rings. The number of hydrogen-bond donors (Lipinski definition) is 1. The molecule has 1 saturated carbocycles. The SMILES string of the molecule is CCCCCCCCCCCC1C(=O)C23CC(C)(C)C([N+](=N)C1=C2[O-])C(C)(C)C3. The molecule has 0 aromatic heterocycles. The van der Waals surface area contributed by atoms with Crippen LogP contribution in [0.15, 0.2) is 11.5 Å². The molecular formula is C25H42N2O2. The fourth-order valence-electron chi connectivity index (χ4n) is 7.22. The van der Waals surface area contributed by atoms with Crippen LogP contribution in [0.4, 0.5) is 0 Å². The van der Waals surface area contributed by atoms with E-state index in [-0.39, 0.29) is 34.3 Å². The molecule has 1 N–H and O–H groups in total. The second-order valence-electron chi connectivity index (χ2n) is 11.4. The Bertz CT molecular complexity index is 671. The van der Waals surface area contributed by atoms with Crippen LogP contribution in [-0.4, -0.2) is 16.5 Å². The van der Waals surface area contributed by atoms with Crippen LogP contribution in [0.2, 0.25) is 0 Å².